The molecule has 3 rings (SSSR count). The number of halogens is 1. The van der Waals surface area contributed by atoms with Crippen molar-refractivity contribution < 1.29 is 14.0 Å². The number of aromatic nitrogens is 1. The number of rotatable bonds is 2. The van der Waals surface area contributed by atoms with Crippen molar-refractivity contribution in [2.75, 3.05) is 26.2 Å². The molecule has 1 saturated heterocycles. The third-order valence-electron chi connectivity index (χ3n) is 4.04. The van der Waals surface area contributed by atoms with Gasteiger partial charge in [0.2, 0.25) is 0 Å². The van der Waals surface area contributed by atoms with Crippen molar-refractivity contribution in [3.8, 4) is 0 Å². The number of thiazole rings is 1. The molecule has 7 heteroatoms. The van der Waals surface area contributed by atoms with Crippen molar-refractivity contribution in [1.29, 1.82) is 0 Å². The third-order valence-corrected chi connectivity index (χ3v) is 5.10. The normalized spacial score (nSPS) is 14.8. The highest BCUT2D eigenvalue weighted by atomic mass is 32.1. The summed E-state index contributed by atoms with van der Waals surface area (Å²) in [6, 6.07) is 5.53. The molecule has 1 aliphatic rings. The lowest BCUT2D eigenvalue weighted by molar-refractivity contribution is 0.0537. The zero-order chi connectivity index (χ0) is 17.3. The summed E-state index contributed by atoms with van der Waals surface area (Å²) in [5.74, 6) is -0.518. The smallest absolute Gasteiger partial charge is 0.265 e. The van der Waals surface area contributed by atoms with E-state index in [1.165, 1.54) is 35.6 Å². The Kier molecular flexibility index (Phi) is 4.62. The van der Waals surface area contributed by atoms with Crippen LogP contribution in [0, 0.1) is 19.7 Å². The summed E-state index contributed by atoms with van der Waals surface area (Å²) in [4.78, 5) is 33.4. The number of hydrogen-bond donors (Lipinski definition) is 0. The second-order valence-electron chi connectivity index (χ2n) is 5.74. The van der Waals surface area contributed by atoms with Gasteiger partial charge in [-0.05, 0) is 38.1 Å². The van der Waals surface area contributed by atoms with E-state index in [1.54, 1.807) is 9.80 Å². The molecule has 0 spiro atoms. The number of amides is 2. The number of nitrogens with zero attached hydrogens (tertiary/aromatic N) is 3. The SMILES string of the molecule is Cc1nc(C)c(C(=O)N2CCN(C(=O)c3ccc(F)cc3)CC2)s1. The van der Waals surface area contributed by atoms with Crippen LogP contribution in [0.2, 0.25) is 0 Å². The molecule has 0 saturated carbocycles. The van der Waals surface area contributed by atoms with Gasteiger partial charge in [-0.15, -0.1) is 11.3 Å². The van der Waals surface area contributed by atoms with Crippen LogP contribution in [0.5, 0.6) is 0 Å². The molecule has 2 amide bonds. The Morgan fingerprint density at radius 2 is 1.54 bits per heavy atom. The van der Waals surface area contributed by atoms with E-state index in [0.29, 0.717) is 36.6 Å². The van der Waals surface area contributed by atoms with Gasteiger partial charge in [-0.3, -0.25) is 9.59 Å². The molecule has 126 valence electrons. The number of carbonyl (C=O) groups excluding carboxylic acids is 2. The van der Waals surface area contributed by atoms with Gasteiger partial charge in [0.1, 0.15) is 10.7 Å². The minimum absolute atomic E-state index is 0.0213. The standard InChI is InChI=1S/C17H18FN3O2S/c1-11-15(24-12(2)19-11)17(23)21-9-7-20(8-10-21)16(22)13-3-5-14(18)6-4-13/h3-6H,7-10H2,1-2H3. The summed E-state index contributed by atoms with van der Waals surface area (Å²) in [5.41, 5.74) is 1.22. The largest absolute Gasteiger partial charge is 0.335 e. The van der Waals surface area contributed by atoms with Gasteiger partial charge < -0.3 is 9.80 Å². The number of hydrogen-bond acceptors (Lipinski definition) is 4. The van der Waals surface area contributed by atoms with Crippen LogP contribution in [0.15, 0.2) is 24.3 Å². The topological polar surface area (TPSA) is 53.5 Å². The van der Waals surface area contributed by atoms with Crippen LogP contribution in [0.1, 0.15) is 30.7 Å². The summed E-state index contributed by atoms with van der Waals surface area (Å²) in [6.45, 7) is 5.64. The number of piperazine rings is 1. The highest BCUT2D eigenvalue weighted by Crippen LogP contribution is 2.20. The first kappa shape index (κ1) is 16.6. The van der Waals surface area contributed by atoms with Crippen molar-refractivity contribution >= 4 is 23.2 Å². The first-order valence-corrected chi connectivity index (χ1v) is 8.55. The molecule has 2 heterocycles. The first-order valence-electron chi connectivity index (χ1n) is 7.74. The Morgan fingerprint density at radius 1 is 1.00 bits per heavy atom. The summed E-state index contributed by atoms with van der Waals surface area (Å²) >= 11 is 1.40. The first-order chi connectivity index (χ1) is 11.5. The minimum atomic E-state index is -0.364. The zero-order valence-electron chi connectivity index (χ0n) is 13.6. The van der Waals surface area contributed by atoms with E-state index >= 15 is 0 Å². The van der Waals surface area contributed by atoms with Crippen molar-refractivity contribution in [2.24, 2.45) is 0 Å². The molecule has 1 fully saturated rings. The highest BCUT2D eigenvalue weighted by Gasteiger charge is 2.27. The molecule has 0 N–H and O–H groups in total. The molecule has 0 radical (unpaired) electrons. The van der Waals surface area contributed by atoms with Crippen LogP contribution in [0.4, 0.5) is 4.39 Å². The van der Waals surface area contributed by atoms with Gasteiger partial charge in [0.05, 0.1) is 10.7 Å². The van der Waals surface area contributed by atoms with Gasteiger partial charge in [-0.2, -0.15) is 0 Å². The molecule has 2 aromatic rings. The average molecular weight is 347 g/mol. The Morgan fingerprint density at radius 3 is 2.04 bits per heavy atom. The Balaban J connectivity index is 1.63. The quantitative estimate of drug-likeness (QED) is 0.839. The number of carbonyl (C=O) groups is 2. The summed E-state index contributed by atoms with van der Waals surface area (Å²) in [6.07, 6.45) is 0. The fraction of sp³-hybridized carbons (Fsp3) is 0.353. The molecule has 24 heavy (non-hydrogen) atoms. The summed E-state index contributed by atoms with van der Waals surface area (Å²) in [5, 5.41) is 0.876. The van der Waals surface area contributed by atoms with E-state index in [-0.39, 0.29) is 17.6 Å². The van der Waals surface area contributed by atoms with Crippen LogP contribution in [0.3, 0.4) is 0 Å². The molecular formula is C17H18FN3O2S. The highest BCUT2D eigenvalue weighted by molar-refractivity contribution is 7.13. The van der Waals surface area contributed by atoms with Crippen LogP contribution in [-0.2, 0) is 0 Å². The number of benzene rings is 1. The Hall–Kier alpha value is -2.28. The van der Waals surface area contributed by atoms with E-state index in [0.717, 1.165) is 10.7 Å². The van der Waals surface area contributed by atoms with Crippen molar-refractivity contribution in [2.45, 2.75) is 13.8 Å². The fourth-order valence-electron chi connectivity index (χ4n) is 2.76. The third kappa shape index (κ3) is 3.31. The minimum Gasteiger partial charge on any atom is -0.335 e. The lowest BCUT2D eigenvalue weighted by Crippen LogP contribution is -2.50. The fourth-order valence-corrected chi connectivity index (χ4v) is 3.65. The van der Waals surface area contributed by atoms with Crippen molar-refractivity contribution in [3.05, 3.63) is 51.2 Å². The predicted molar refractivity (Wildman–Crippen MR) is 89.8 cm³/mol. The van der Waals surface area contributed by atoms with Crippen LogP contribution >= 0.6 is 11.3 Å². The number of aryl methyl sites for hydroxylation is 2. The molecular weight excluding hydrogens is 329 g/mol. The summed E-state index contributed by atoms with van der Waals surface area (Å²) < 4.78 is 13.0. The molecule has 0 aliphatic carbocycles. The maximum absolute atomic E-state index is 13.0. The molecule has 0 bridgehead atoms. The van der Waals surface area contributed by atoms with E-state index in [1.807, 2.05) is 13.8 Å². The Bertz CT molecular complexity index is 765. The van der Waals surface area contributed by atoms with E-state index in [9.17, 15) is 14.0 Å². The lowest BCUT2D eigenvalue weighted by atomic mass is 10.1. The van der Waals surface area contributed by atoms with Crippen LogP contribution in [0.25, 0.3) is 0 Å². The van der Waals surface area contributed by atoms with Gasteiger partial charge >= 0.3 is 0 Å². The molecule has 0 unspecified atom stereocenters. The summed E-state index contributed by atoms with van der Waals surface area (Å²) in [7, 11) is 0. The van der Waals surface area contributed by atoms with Gasteiger partial charge in [0, 0.05) is 31.7 Å². The van der Waals surface area contributed by atoms with Gasteiger partial charge in [-0.25, -0.2) is 9.37 Å². The molecule has 1 aromatic heterocycles. The van der Waals surface area contributed by atoms with Crippen LogP contribution in [-0.4, -0.2) is 52.8 Å². The van der Waals surface area contributed by atoms with E-state index in [4.69, 9.17) is 0 Å². The monoisotopic (exact) mass is 347 g/mol. The van der Waals surface area contributed by atoms with Gasteiger partial charge in [0.15, 0.2) is 0 Å². The van der Waals surface area contributed by atoms with Crippen LogP contribution < -0.4 is 0 Å². The Labute approximate surface area is 143 Å². The predicted octanol–water partition coefficient (Wildman–Crippen LogP) is 2.50. The van der Waals surface area contributed by atoms with Gasteiger partial charge in [0.25, 0.3) is 11.8 Å². The van der Waals surface area contributed by atoms with E-state index < -0.39 is 0 Å². The molecule has 1 aromatic carbocycles. The molecule has 0 atom stereocenters. The zero-order valence-corrected chi connectivity index (χ0v) is 14.4. The lowest BCUT2D eigenvalue weighted by Gasteiger charge is -2.34. The van der Waals surface area contributed by atoms with Crippen molar-refractivity contribution in [3.63, 3.8) is 0 Å². The second kappa shape index (κ2) is 6.68. The maximum atomic E-state index is 13.0. The average Bonchev–Trinajstić information content (AvgIpc) is 2.93. The van der Waals surface area contributed by atoms with Crippen molar-refractivity contribution in [1.82, 2.24) is 14.8 Å². The second-order valence-corrected chi connectivity index (χ2v) is 6.94. The van der Waals surface area contributed by atoms with Gasteiger partial charge in [-0.1, -0.05) is 0 Å². The molecule has 5 nitrogen and oxygen atoms in total. The van der Waals surface area contributed by atoms with E-state index in [2.05, 4.69) is 4.98 Å². The molecule has 1 aliphatic heterocycles. The maximum Gasteiger partial charge on any atom is 0.265 e.